The molecule has 23 heavy (non-hydrogen) atoms. The summed E-state index contributed by atoms with van der Waals surface area (Å²) < 4.78 is 2.76. The maximum Gasteiger partial charge on any atom is 0.274 e. The van der Waals surface area contributed by atoms with Crippen LogP contribution in [0.25, 0.3) is 0 Å². The van der Waals surface area contributed by atoms with E-state index >= 15 is 0 Å². The Balaban J connectivity index is 1.55. The first-order valence-corrected chi connectivity index (χ1v) is 8.96. The molecule has 3 N–H and O–H groups in total. The van der Waals surface area contributed by atoms with E-state index in [1.54, 1.807) is 0 Å². The maximum atomic E-state index is 5.42. The van der Waals surface area contributed by atoms with Gasteiger partial charge in [0, 0.05) is 12.6 Å². The van der Waals surface area contributed by atoms with Crippen LogP contribution in [0.15, 0.2) is 37.1 Å². The summed E-state index contributed by atoms with van der Waals surface area (Å²) >= 11 is 6.94. The standard InChI is InChI=1S/C15H20N6S2/c1-2-6-17-14-18-21(15(22)23-14)12-19-8-10-20(11-9-19)13-5-3-4-7-16-13/h2-5,7H,1,6,8-12H2,(H,17,18)/p+2. The number of H-pyrrole nitrogens is 1. The van der Waals surface area contributed by atoms with Gasteiger partial charge in [-0.3, -0.25) is 4.90 Å². The number of nitrogens with one attached hydrogen (secondary N) is 3. The van der Waals surface area contributed by atoms with Crippen molar-refractivity contribution in [1.29, 1.82) is 0 Å². The molecule has 2 aromatic heterocycles. The molecular weight excluding hydrogens is 328 g/mol. The van der Waals surface area contributed by atoms with E-state index in [2.05, 4.69) is 39.0 Å². The van der Waals surface area contributed by atoms with Crippen LogP contribution in [-0.4, -0.2) is 42.5 Å². The lowest BCUT2D eigenvalue weighted by Gasteiger charge is -2.27. The molecule has 3 rings (SSSR count). The fraction of sp³-hybridized carbons (Fsp3) is 0.400. The molecule has 1 aliphatic rings. The summed E-state index contributed by atoms with van der Waals surface area (Å²) in [5.41, 5.74) is 0. The quantitative estimate of drug-likeness (QED) is 0.587. The molecule has 1 saturated heterocycles. The molecule has 0 amide bonds. The van der Waals surface area contributed by atoms with E-state index in [-0.39, 0.29) is 0 Å². The van der Waals surface area contributed by atoms with Crippen LogP contribution in [-0.2, 0) is 6.67 Å². The van der Waals surface area contributed by atoms with Crippen LogP contribution in [0.3, 0.4) is 0 Å². The monoisotopic (exact) mass is 350 g/mol. The highest BCUT2D eigenvalue weighted by Gasteiger charge is 2.26. The van der Waals surface area contributed by atoms with Crippen molar-refractivity contribution in [1.82, 2.24) is 9.78 Å². The third-order valence-corrected chi connectivity index (χ3v) is 5.15. The zero-order chi connectivity index (χ0) is 16.1. The molecule has 8 heteroatoms. The van der Waals surface area contributed by atoms with Crippen LogP contribution >= 0.6 is 23.6 Å². The number of anilines is 2. The van der Waals surface area contributed by atoms with Crippen molar-refractivity contribution in [2.75, 3.05) is 42.9 Å². The number of pyridine rings is 1. The largest absolute Gasteiger partial charge is 0.357 e. The van der Waals surface area contributed by atoms with E-state index in [0.29, 0.717) is 6.54 Å². The Labute approximate surface area is 145 Å². The molecule has 0 unspecified atom stereocenters. The van der Waals surface area contributed by atoms with Crippen LogP contribution in [0.5, 0.6) is 0 Å². The Morgan fingerprint density at radius 2 is 2.26 bits per heavy atom. The zero-order valence-corrected chi connectivity index (χ0v) is 14.6. The molecule has 3 heterocycles. The minimum atomic E-state index is 0.710. The molecular formula is C15H22N6S2+2. The first-order valence-electron chi connectivity index (χ1n) is 7.74. The van der Waals surface area contributed by atoms with Gasteiger partial charge in [-0.05, 0) is 18.3 Å². The molecule has 2 aromatic rings. The van der Waals surface area contributed by atoms with Crippen molar-refractivity contribution in [3.05, 3.63) is 41.0 Å². The summed E-state index contributed by atoms with van der Waals surface area (Å²) in [6.45, 7) is 9.48. The molecule has 0 radical (unpaired) electrons. The summed E-state index contributed by atoms with van der Waals surface area (Å²) in [7, 11) is 0. The molecule has 1 aliphatic heterocycles. The molecule has 122 valence electrons. The minimum Gasteiger partial charge on any atom is -0.357 e. The van der Waals surface area contributed by atoms with E-state index in [1.807, 2.05) is 23.0 Å². The Morgan fingerprint density at radius 1 is 1.43 bits per heavy atom. The maximum absolute atomic E-state index is 5.42. The summed E-state index contributed by atoms with van der Waals surface area (Å²) in [5.74, 6) is 1.19. The summed E-state index contributed by atoms with van der Waals surface area (Å²) in [6, 6.07) is 6.20. The van der Waals surface area contributed by atoms with Crippen LogP contribution in [0.2, 0.25) is 0 Å². The summed E-state index contributed by atoms with van der Waals surface area (Å²) in [4.78, 5) is 7.20. The van der Waals surface area contributed by atoms with Crippen molar-refractivity contribution in [2.24, 2.45) is 0 Å². The third kappa shape index (κ3) is 4.15. The Morgan fingerprint density at radius 3 is 2.96 bits per heavy atom. The van der Waals surface area contributed by atoms with E-state index in [9.17, 15) is 0 Å². The number of rotatable bonds is 6. The third-order valence-electron chi connectivity index (χ3n) is 3.88. The fourth-order valence-electron chi connectivity index (χ4n) is 2.65. The van der Waals surface area contributed by atoms with E-state index in [0.717, 1.165) is 41.9 Å². The first kappa shape index (κ1) is 16.1. The van der Waals surface area contributed by atoms with Crippen LogP contribution in [0, 0.1) is 3.95 Å². The molecule has 0 aromatic carbocycles. The number of hydrogen-bond donors (Lipinski definition) is 2. The van der Waals surface area contributed by atoms with Gasteiger partial charge in [0.2, 0.25) is 5.13 Å². The highest BCUT2D eigenvalue weighted by Crippen LogP contribution is 2.13. The van der Waals surface area contributed by atoms with Gasteiger partial charge in [-0.25, -0.2) is 4.98 Å². The number of nitrogens with zero attached hydrogens (tertiary/aromatic N) is 3. The van der Waals surface area contributed by atoms with E-state index in [4.69, 9.17) is 12.2 Å². The van der Waals surface area contributed by atoms with Gasteiger partial charge in [-0.1, -0.05) is 23.5 Å². The SMILES string of the molecule is C=CCNc1nn(C[NH+]2CCN(c3cccc[nH+]3)CC2)c(=S)s1. The predicted molar refractivity (Wildman–Crippen MR) is 95.5 cm³/mol. The lowest BCUT2D eigenvalue weighted by Crippen LogP contribution is -3.14. The van der Waals surface area contributed by atoms with Gasteiger partial charge in [0.05, 0.1) is 6.20 Å². The van der Waals surface area contributed by atoms with Gasteiger partial charge in [0.15, 0.2) is 10.6 Å². The number of quaternary nitrogens is 1. The number of aromatic amines is 1. The average Bonchev–Trinajstić information content (AvgIpc) is 2.94. The van der Waals surface area contributed by atoms with Crippen LogP contribution in [0.1, 0.15) is 0 Å². The van der Waals surface area contributed by atoms with Gasteiger partial charge in [0.1, 0.15) is 26.2 Å². The number of hydrogen-bond acceptors (Lipinski definition) is 5. The topological polar surface area (TPSA) is 51.7 Å². The smallest absolute Gasteiger partial charge is 0.274 e. The van der Waals surface area contributed by atoms with Crippen molar-refractivity contribution in [3.63, 3.8) is 0 Å². The molecule has 0 atom stereocenters. The van der Waals surface area contributed by atoms with Crippen LogP contribution in [0.4, 0.5) is 10.9 Å². The summed E-state index contributed by atoms with van der Waals surface area (Å²) in [5, 5.41) is 8.62. The predicted octanol–water partition coefficient (Wildman–Crippen LogP) is 0.449. The second-order valence-corrected chi connectivity index (χ2v) is 7.11. The molecule has 0 saturated carbocycles. The number of aromatic nitrogens is 3. The summed E-state index contributed by atoms with van der Waals surface area (Å²) in [6.07, 6.45) is 3.79. The molecule has 0 aliphatic carbocycles. The van der Waals surface area contributed by atoms with Gasteiger partial charge in [0.25, 0.3) is 5.82 Å². The van der Waals surface area contributed by atoms with Crippen molar-refractivity contribution in [2.45, 2.75) is 6.67 Å². The molecule has 6 nitrogen and oxygen atoms in total. The Kier molecular flexibility index (Phi) is 5.37. The van der Waals surface area contributed by atoms with Crippen molar-refractivity contribution < 1.29 is 9.88 Å². The highest BCUT2D eigenvalue weighted by molar-refractivity contribution is 7.73. The lowest BCUT2D eigenvalue weighted by molar-refractivity contribution is -0.924. The molecule has 0 spiro atoms. The zero-order valence-electron chi connectivity index (χ0n) is 13.0. The Hall–Kier alpha value is -1.77. The average molecular weight is 351 g/mol. The van der Waals surface area contributed by atoms with Crippen molar-refractivity contribution >= 4 is 34.5 Å². The number of piperazine rings is 1. The van der Waals surface area contributed by atoms with Crippen LogP contribution < -0.4 is 20.1 Å². The van der Waals surface area contributed by atoms with Gasteiger partial charge < -0.3 is 10.2 Å². The Bertz CT molecular complexity index is 687. The van der Waals surface area contributed by atoms with Crippen molar-refractivity contribution in [3.8, 4) is 0 Å². The lowest BCUT2D eigenvalue weighted by atomic mass is 10.3. The van der Waals surface area contributed by atoms with E-state index in [1.165, 1.54) is 22.1 Å². The first-order chi connectivity index (χ1) is 11.3. The second kappa shape index (κ2) is 7.67. The minimum absolute atomic E-state index is 0.710. The van der Waals surface area contributed by atoms with E-state index < -0.39 is 0 Å². The van der Waals surface area contributed by atoms with Gasteiger partial charge >= 0.3 is 0 Å². The highest BCUT2D eigenvalue weighted by atomic mass is 32.1. The molecule has 1 fully saturated rings. The van der Waals surface area contributed by atoms with Gasteiger partial charge in [-0.2, -0.15) is 4.68 Å². The fourth-order valence-corrected chi connectivity index (χ4v) is 3.66. The van der Waals surface area contributed by atoms with Gasteiger partial charge in [-0.15, -0.1) is 11.7 Å². The second-order valence-electron chi connectivity index (χ2n) is 5.49. The molecule has 0 bridgehead atoms. The normalized spacial score (nSPS) is 15.6.